The second-order valence-corrected chi connectivity index (χ2v) is 3.37. The minimum absolute atomic E-state index is 0.522. The lowest BCUT2D eigenvalue weighted by Crippen LogP contribution is -1.94. The van der Waals surface area contributed by atoms with E-state index in [0.29, 0.717) is 5.82 Å². The van der Waals surface area contributed by atoms with E-state index in [4.69, 9.17) is 5.73 Å². The average molecular weight is 199 g/mol. The third kappa shape index (κ3) is 1.96. The fourth-order valence-corrected chi connectivity index (χ4v) is 1.48. The van der Waals surface area contributed by atoms with Crippen LogP contribution in [0.2, 0.25) is 0 Å². The Morgan fingerprint density at radius 1 is 1.20 bits per heavy atom. The number of rotatable bonds is 2. The van der Waals surface area contributed by atoms with Crippen molar-refractivity contribution in [1.82, 2.24) is 9.97 Å². The average Bonchev–Trinajstić information content (AvgIpc) is 2.30. The van der Waals surface area contributed by atoms with Crippen LogP contribution in [-0.4, -0.2) is 9.97 Å². The molecule has 0 fully saturated rings. The molecule has 0 saturated heterocycles. The predicted octanol–water partition coefficient (Wildman–Crippen LogP) is 2.29. The largest absolute Gasteiger partial charge is 0.383 e. The van der Waals surface area contributed by atoms with Crippen molar-refractivity contribution >= 4 is 5.82 Å². The topological polar surface area (TPSA) is 51.8 Å². The van der Waals surface area contributed by atoms with Crippen molar-refractivity contribution in [3.05, 3.63) is 42.4 Å². The van der Waals surface area contributed by atoms with E-state index in [1.54, 1.807) is 6.20 Å². The molecule has 0 atom stereocenters. The second-order valence-electron chi connectivity index (χ2n) is 3.37. The summed E-state index contributed by atoms with van der Waals surface area (Å²) in [4.78, 5) is 7.94. The molecule has 2 rings (SSSR count). The van der Waals surface area contributed by atoms with Crippen LogP contribution < -0.4 is 5.73 Å². The van der Waals surface area contributed by atoms with Crippen LogP contribution >= 0.6 is 0 Å². The van der Waals surface area contributed by atoms with E-state index in [1.807, 2.05) is 12.1 Å². The van der Waals surface area contributed by atoms with Crippen molar-refractivity contribution in [1.29, 1.82) is 0 Å². The summed E-state index contributed by atoms with van der Waals surface area (Å²) in [7, 11) is 0. The minimum atomic E-state index is 0.522. The number of benzene rings is 1. The zero-order chi connectivity index (χ0) is 10.7. The Kier molecular flexibility index (Phi) is 2.63. The summed E-state index contributed by atoms with van der Waals surface area (Å²) in [6.45, 7) is 2.13. The Hall–Kier alpha value is -1.90. The molecule has 0 aliphatic heterocycles. The molecule has 0 saturated carbocycles. The van der Waals surface area contributed by atoms with Gasteiger partial charge in [0.15, 0.2) is 0 Å². The van der Waals surface area contributed by atoms with E-state index in [1.165, 1.54) is 11.9 Å². The van der Waals surface area contributed by atoms with Gasteiger partial charge in [0, 0.05) is 11.8 Å². The SMILES string of the molecule is CCc1ccc(-c2cncnc2N)cc1. The molecule has 1 aromatic carbocycles. The van der Waals surface area contributed by atoms with Crippen molar-refractivity contribution in [2.24, 2.45) is 0 Å². The lowest BCUT2D eigenvalue weighted by atomic mass is 10.1. The molecule has 0 bridgehead atoms. The summed E-state index contributed by atoms with van der Waals surface area (Å²) in [6, 6.07) is 8.30. The highest BCUT2D eigenvalue weighted by molar-refractivity contribution is 5.72. The first kappa shape index (κ1) is 9.65. The number of nitrogen functional groups attached to an aromatic ring is 1. The number of aryl methyl sites for hydroxylation is 1. The van der Waals surface area contributed by atoms with Gasteiger partial charge in [0.1, 0.15) is 12.1 Å². The quantitative estimate of drug-likeness (QED) is 0.807. The summed E-state index contributed by atoms with van der Waals surface area (Å²) in [5.74, 6) is 0.522. The van der Waals surface area contributed by atoms with E-state index in [0.717, 1.165) is 17.5 Å². The maximum Gasteiger partial charge on any atom is 0.134 e. The molecule has 1 heterocycles. The van der Waals surface area contributed by atoms with Gasteiger partial charge in [-0.15, -0.1) is 0 Å². The molecule has 15 heavy (non-hydrogen) atoms. The molecule has 3 heteroatoms. The number of hydrogen-bond donors (Lipinski definition) is 1. The van der Waals surface area contributed by atoms with Crippen LogP contribution in [0.25, 0.3) is 11.1 Å². The number of nitrogens with two attached hydrogens (primary N) is 1. The normalized spacial score (nSPS) is 10.2. The van der Waals surface area contributed by atoms with Gasteiger partial charge in [-0.1, -0.05) is 31.2 Å². The van der Waals surface area contributed by atoms with Crippen LogP contribution in [0.4, 0.5) is 5.82 Å². The van der Waals surface area contributed by atoms with Gasteiger partial charge in [-0.05, 0) is 17.5 Å². The lowest BCUT2D eigenvalue weighted by Gasteiger charge is -2.04. The van der Waals surface area contributed by atoms with E-state index in [9.17, 15) is 0 Å². The molecule has 76 valence electrons. The Morgan fingerprint density at radius 3 is 2.53 bits per heavy atom. The molecule has 0 unspecified atom stereocenters. The smallest absolute Gasteiger partial charge is 0.134 e. The number of hydrogen-bond acceptors (Lipinski definition) is 3. The standard InChI is InChI=1S/C12H13N3/c1-2-9-3-5-10(6-4-9)11-7-14-8-15-12(11)13/h3-8H,2H2,1H3,(H2,13,14,15). The third-order valence-corrected chi connectivity index (χ3v) is 2.42. The molecule has 0 spiro atoms. The summed E-state index contributed by atoms with van der Waals surface area (Å²) < 4.78 is 0. The maximum atomic E-state index is 5.77. The highest BCUT2D eigenvalue weighted by Gasteiger charge is 2.02. The van der Waals surface area contributed by atoms with Gasteiger partial charge in [-0.2, -0.15) is 0 Å². The van der Waals surface area contributed by atoms with Gasteiger partial charge >= 0.3 is 0 Å². The molecule has 0 amide bonds. The summed E-state index contributed by atoms with van der Waals surface area (Å²) >= 11 is 0. The molecule has 2 N–H and O–H groups in total. The van der Waals surface area contributed by atoms with Crippen molar-refractivity contribution in [2.45, 2.75) is 13.3 Å². The van der Waals surface area contributed by atoms with Crippen molar-refractivity contribution < 1.29 is 0 Å². The summed E-state index contributed by atoms with van der Waals surface area (Å²) in [5.41, 5.74) is 9.04. The first-order chi connectivity index (χ1) is 7.31. The Balaban J connectivity index is 2.42. The molecule has 3 nitrogen and oxygen atoms in total. The molecular formula is C12H13N3. The lowest BCUT2D eigenvalue weighted by molar-refractivity contribution is 1.14. The molecule has 1 aromatic heterocycles. The summed E-state index contributed by atoms with van der Waals surface area (Å²) in [6.07, 6.45) is 4.24. The van der Waals surface area contributed by atoms with E-state index < -0.39 is 0 Å². The fourth-order valence-electron chi connectivity index (χ4n) is 1.48. The van der Waals surface area contributed by atoms with Crippen LogP contribution in [0.15, 0.2) is 36.8 Å². The van der Waals surface area contributed by atoms with E-state index >= 15 is 0 Å². The predicted molar refractivity (Wildman–Crippen MR) is 61.3 cm³/mol. The Labute approximate surface area is 89.0 Å². The monoisotopic (exact) mass is 199 g/mol. The Bertz CT molecular complexity index is 449. The number of anilines is 1. The van der Waals surface area contributed by atoms with Gasteiger partial charge in [0.05, 0.1) is 0 Å². The first-order valence-corrected chi connectivity index (χ1v) is 4.96. The minimum Gasteiger partial charge on any atom is -0.383 e. The van der Waals surface area contributed by atoms with Gasteiger partial charge in [0.2, 0.25) is 0 Å². The maximum absolute atomic E-state index is 5.77. The third-order valence-electron chi connectivity index (χ3n) is 2.42. The van der Waals surface area contributed by atoms with E-state index in [2.05, 4.69) is 29.0 Å². The van der Waals surface area contributed by atoms with Crippen molar-refractivity contribution in [2.75, 3.05) is 5.73 Å². The number of nitrogens with zero attached hydrogens (tertiary/aromatic N) is 2. The first-order valence-electron chi connectivity index (χ1n) is 4.96. The van der Waals surface area contributed by atoms with Crippen LogP contribution in [0.3, 0.4) is 0 Å². The van der Waals surface area contributed by atoms with Gasteiger partial charge < -0.3 is 5.73 Å². The van der Waals surface area contributed by atoms with Crippen LogP contribution in [-0.2, 0) is 6.42 Å². The number of aromatic nitrogens is 2. The fraction of sp³-hybridized carbons (Fsp3) is 0.167. The zero-order valence-electron chi connectivity index (χ0n) is 8.64. The zero-order valence-corrected chi connectivity index (χ0v) is 8.64. The molecular weight excluding hydrogens is 186 g/mol. The summed E-state index contributed by atoms with van der Waals surface area (Å²) in [5, 5.41) is 0. The molecule has 0 radical (unpaired) electrons. The highest BCUT2D eigenvalue weighted by atomic mass is 14.9. The van der Waals surface area contributed by atoms with Crippen LogP contribution in [0.1, 0.15) is 12.5 Å². The molecule has 2 aromatic rings. The molecule has 0 aliphatic carbocycles. The van der Waals surface area contributed by atoms with Crippen molar-refractivity contribution in [3.8, 4) is 11.1 Å². The van der Waals surface area contributed by atoms with Gasteiger partial charge in [0.25, 0.3) is 0 Å². The van der Waals surface area contributed by atoms with Gasteiger partial charge in [-0.25, -0.2) is 9.97 Å². The highest BCUT2D eigenvalue weighted by Crippen LogP contribution is 2.22. The Morgan fingerprint density at radius 2 is 1.93 bits per heavy atom. The van der Waals surface area contributed by atoms with Gasteiger partial charge in [-0.3, -0.25) is 0 Å². The molecule has 0 aliphatic rings. The van der Waals surface area contributed by atoms with Crippen LogP contribution in [0, 0.1) is 0 Å². The van der Waals surface area contributed by atoms with Crippen molar-refractivity contribution in [3.63, 3.8) is 0 Å². The second kappa shape index (κ2) is 4.09. The van der Waals surface area contributed by atoms with Crippen LogP contribution in [0.5, 0.6) is 0 Å². The van der Waals surface area contributed by atoms with E-state index in [-0.39, 0.29) is 0 Å².